The first-order chi connectivity index (χ1) is 17.2. The van der Waals surface area contributed by atoms with Crippen molar-refractivity contribution in [3.63, 3.8) is 0 Å². The van der Waals surface area contributed by atoms with Crippen LogP contribution in [0.5, 0.6) is 11.5 Å². The van der Waals surface area contributed by atoms with Crippen molar-refractivity contribution in [3.05, 3.63) is 59.7 Å². The molecular formula is C26H36Cu2N6O2S2. The molecule has 0 aromatic heterocycles. The predicted molar refractivity (Wildman–Crippen MR) is 156 cm³/mol. The fraction of sp³-hybridized carbons (Fsp3) is 0.385. The number of phenolic OH excluding ortho intramolecular Hbond substituents is 2. The van der Waals surface area contributed by atoms with Gasteiger partial charge in [-0.15, -0.1) is 0 Å². The number of para-hydroxylation sites is 2. The Morgan fingerprint density at radius 1 is 0.605 bits per heavy atom. The maximum absolute atomic E-state index is 9.68. The zero-order valence-electron chi connectivity index (χ0n) is 22.4. The van der Waals surface area contributed by atoms with Crippen molar-refractivity contribution in [3.8, 4) is 11.5 Å². The van der Waals surface area contributed by atoms with E-state index in [0.717, 1.165) is 26.2 Å². The maximum atomic E-state index is 9.68. The Morgan fingerprint density at radius 2 is 0.895 bits per heavy atom. The monoisotopic (exact) mass is 654 g/mol. The number of rotatable bonds is 8. The van der Waals surface area contributed by atoms with E-state index in [1.807, 2.05) is 49.6 Å². The Labute approximate surface area is 259 Å². The number of nitrogens with zero attached hydrogens (tertiary/aromatic N) is 6. The zero-order valence-corrected chi connectivity index (χ0v) is 26.0. The molecule has 0 unspecified atom stereocenters. The average Bonchev–Trinajstić information content (AvgIpc) is 2.88. The summed E-state index contributed by atoms with van der Waals surface area (Å²) in [4.78, 5) is 3.88. The van der Waals surface area contributed by atoms with Crippen LogP contribution in [0.2, 0.25) is 0 Å². The van der Waals surface area contributed by atoms with Crippen molar-refractivity contribution in [1.82, 2.24) is 9.80 Å². The van der Waals surface area contributed by atoms with Gasteiger partial charge in [0, 0.05) is 47.6 Å². The van der Waals surface area contributed by atoms with E-state index in [1.165, 1.54) is 0 Å². The SMILES string of the molecule is CCN(CC)/C([S-])=N/N=C(\C)c1ccccc1O.CCN(CC)/C([S-])=N/N=C(\C)c1ccccc1O.[Cu+].[Cu+]. The molecular weight excluding hydrogens is 620 g/mol. The summed E-state index contributed by atoms with van der Waals surface area (Å²) in [6.45, 7) is 14.9. The van der Waals surface area contributed by atoms with Crippen LogP contribution in [0.15, 0.2) is 68.9 Å². The molecule has 38 heavy (non-hydrogen) atoms. The summed E-state index contributed by atoms with van der Waals surface area (Å²) >= 11 is 10.3. The van der Waals surface area contributed by atoms with Crippen LogP contribution in [0.1, 0.15) is 52.7 Å². The Bertz CT molecular complexity index is 1000. The van der Waals surface area contributed by atoms with E-state index in [0.29, 0.717) is 32.9 Å². The minimum atomic E-state index is 0. The molecule has 0 fully saturated rings. The summed E-state index contributed by atoms with van der Waals surface area (Å²) in [7, 11) is 0. The van der Waals surface area contributed by atoms with E-state index in [-0.39, 0.29) is 45.6 Å². The van der Waals surface area contributed by atoms with Gasteiger partial charge in [-0.2, -0.15) is 20.4 Å². The third kappa shape index (κ3) is 12.6. The molecule has 0 aliphatic rings. The van der Waals surface area contributed by atoms with Gasteiger partial charge in [0.1, 0.15) is 11.5 Å². The summed E-state index contributed by atoms with van der Waals surface area (Å²) in [5.41, 5.74) is 2.62. The molecule has 2 aromatic carbocycles. The maximum Gasteiger partial charge on any atom is 1.00 e. The summed E-state index contributed by atoms with van der Waals surface area (Å²) in [6.07, 6.45) is 0. The standard InChI is InChI=1S/2C13H19N3OS.2Cu/c2*1-4-16(5-2)13(18)15-14-10(3)11-8-6-7-9-12(11)17;;/h2*6-9,17H,4-5H2,1-3H3,(H,15,18);;/q;;2*+1/p-2/b2*14-10+;;. The van der Waals surface area contributed by atoms with Crippen molar-refractivity contribution in [1.29, 1.82) is 0 Å². The molecule has 0 saturated carbocycles. The van der Waals surface area contributed by atoms with Crippen LogP contribution in [0.25, 0.3) is 0 Å². The second kappa shape index (κ2) is 20.7. The molecule has 0 aliphatic heterocycles. The summed E-state index contributed by atoms with van der Waals surface area (Å²) in [5.74, 6) is 0.394. The zero-order chi connectivity index (χ0) is 27.1. The Balaban J connectivity index is 0. The minimum absolute atomic E-state index is 0. The van der Waals surface area contributed by atoms with Gasteiger partial charge in [0.15, 0.2) is 0 Å². The van der Waals surface area contributed by atoms with Crippen molar-refractivity contribution in [2.75, 3.05) is 26.2 Å². The first-order valence-corrected chi connectivity index (χ1v) is 12.7. The van der Waals surface area contributed by atoms with Crippen LogP contribution in [0, 0.1) is 0 Å². The second-order valence-electron chi connectivity index (χ2n) is 7.51. The molecule has 0 radical (unpaired) electrons. The molecule has 0 heterocycles. The Hall–Kier alpha value is -2.20. The third-order valence-electron chi connectivity index (χ3n) is 5.23. The van der Waals surface area contributed by atoms with E-state index in [1.54, 1.807) is 50.2 Å². The van der Waals surface area contributed by atoms with Gasteiger partial charge in [0.2, 0.25) is 0 Å². The minimum Gasteiger partial charge on any atom is -0.741 e. The van der Waals surface area contributed by atoms with Crippen molar-refractivity contribution in [2.45, 2.75) is 41.5 Å². The number of hydrogen-bond acceptors (Lipinski definition) is 8. The van der Waals surface area contributed by atoms with Crippen molar-refractivity contribution in [2.24, 2.45) is 20.4 Å². The van der Waals surface area contributed by atoms with Crippen LogP contribution in [0.3, 0.4) is 0 Å². The Morgan fingerprint density at radius 3 is 1.16 bits per heavy atom. The molecule has 2 rings (SSSR count). The van der Waals surface area contributed by atoms with E-state index < -0.39 is 0 Å². The van der Waals surface area contributed by atoms with Gasteiger partial charge in [0.25, 0.3) is 0 Å². The molecule has 216 valence electrons. The molecule has 0 bridgehead atoms. The molecule has 0 saturated heterocycles. The van der Waals surface area contributed by atoms with E-state index >= 15 is 0 Å². The third-order valence-corrected chi connectivity index (χ3v) is 5.91. The van der Waals surface area contributed by atoms with Gasteiger partial charge in [-0.25, -0.2) is 0 Å². The fourth-order valence-electron chi connectivity index (χ4n) is 3.02. The number of amidine groups is 2. The van der Waals surface area contributed by atoms with Crippen LogP contribution < -0.4 is 0 Å². The molecule has 8 nitrogen and oxygen atoms in total. The number of phenols is 2. The molecule has 2 N–H and O–H groups in total. The number of benzene rings is 2. The van der Waals surface area contributed by atoms with Crippen LogP contribution in [0.4, 0.5) is 0 Å². The van der Waals surface area contributed by atoms with E-state index in [4.69, 9.17) is 25.3 Å². The predicted octanol–water partition coefficient (Wildman–Crippen LogP) is 4.72. The van der Waals surface area contributed by atoms with Gasteiger partial charge < -0.3 is 45.3 Å². The summed E-state index contributed by atoms with van der Waals surface area (Å²) in [5, 5.41) is 36.5. The van der Waals surface area contributed by atoms with E-state index in [2.05, 4.69) is 20.4 Å². The van der Waals surface area contributed by atoms with Gasteiger partial charge >= 0.3 is 34.1 Å². The van der Waals surface area contributed by atoms with Crippen molar-refractivity contribution >= 4 is 47.0 Å². The van der Waals surface area contributed by atoms with Gasteiger partial charge in [0.05, 0.1) is 11.4 Å². The Kier molecular flexibility index (Phi) is 20.7. The largest absolute Gasteiger partial charge is 1.00 e. The number of aromatic hydroxyl groups is 2. The fourth-order valence-corrected chi connectivity index (χ4v) is 3.62. The second-order valence-corrected chi connectivity index (χ2v) is 8.25. The van der Waals surface area contributed by atoms with Gasteiger partial charge in [-0.1, -0.05) is 24.3 Å². The summed E-state index contributed by atoms with van der Waals surface area (Å²) in [6, 6.07) is 14.1. The molecule has 0 aliphatic carbocycles. The quantitative estimate of drug-likeness (QED) is 0.141. The van der Waals surface area contributed by atoms with Crippen LogP contribution in [-0.4, -0.2) is 68.0 Å². The van der Waals surface area contributed by atoms with Crippen LogP contribution >= 0.6 is 0 Å². The molecule has 2 aromatic rings. The molecule has 0 spiro atoms. The first kappa shape index (κ1) is 37.9. The van der Waals surface area contributed by atoms with Crippen LogP contribution in [-0.2, 0) is 59.4 Å². The summed E-state index contributed by atoms with van der Waals surface area (Å²) < 4.78 is 0. The molecule has 0 amide bonds. The number of hydrogen-bond donors (Lipinski definition) is 2. The molecule has 0 atom stereocenters. The topological polar surface area (TPSA) is 96.4 Å². The average molecular weight is 656 g/mol. The first-order valence-electron chi connectivity index (χ1n) is 11.8. The van der Waals surface area contributed by atoms with E-state index in [9.17, 15) is 10.2 Å². The van der Waals surface area contributed by atoms with Crippen molar-refractivity contribution < 1.29 is 44.4 Å². The normalized spacial score (nSPS) is 11.9. The van der Waals surface area contributed by atoms with Gasteiger partial charge in [-0.3, -0.25) is 0 Å². The smallest absolute Gasteiger partial charge is 0.741 e. The van der Waals surface area contributed by atoms with Gasteiger partial charge in [-0.05, 0) is 65.8 Å². The molecule has 12 heteroatoms.